The van der Waals surface area contributed by atoms with Gasteiger partial charge in [0.15, 0.2) is 0 Å². The van der Waals surface area contributed by atoms with Crippen LogP contribution in [0.1, 0.15) is 15.9 Å². The largest absolute Gasteiger partial charge is 0.333 e. The van der Waals surface area contributed by atoms with Gasteiger partial charge in [0.2, 0.25) is 0 Å². The number of carbonyl (C=O) groups is 1. The summed E-state index contributed by atoms with van der Waals surface area (Å²) < 4.78 is 14.0. The molecule has 1 amide bonds. The van der Waals surface area contributed by atoms with Crippen molar-refractivity contribution < 1.29 is 9.18 Å². The van der Waals surface area contributed by atoms with E-state index in [0.717, 1.165) is 5.56 Å². The van der Waals surface area contributed by atoms with E-state index in [-0.39, 0.29) is 5.91 Å². The molecule has 0 bridgehead atoms. The van der Waals surface area contributed by atoms with Crippen molar-refractivity contribution in [1.82, 2.24) is 4.90 Å². The summed E-state index contributed by atoms with van der Waals surface area (Å²) in [5.41, 5.74) is 1.38. The molecule has 0 atom stereocenters. The third-order valence-corrected chi connectivity index (χ3v) is 4.06. The molecule has 0 aliphatic rings. The molecule has 0 unspecified atom stereocenters. The molecule has 0 aliphatic heterocycles. The quantitative estimate of drug-likeness (QED) is 0.653. The van der Waals surface area contributed by atoms with Crippen LogP contribution in [0.4, 0.5) is 4.39 Å². The van der Waals surface area contributed by atoms with Crippen molar-refractivity contribution in [3.05, 3.63) is 69.9 Å². The summed E-state index contributed by atoms with van der Waals surface area (Å²) in [6.07, 6.45) is 0. The maximum Gasteiger partial charge on any atom is 0.255 e. The summed E-state index contributed by atoms with van der Waals surface area (Å²) in [5, 5.41) is 0.665. The molecule has 2 nitrogen and oxygen atoms in total. The summed E-state index contributed by atoms with van der Waals surface area (Å²) in [7, 11) is 0. The summed E-state index contributed by atoms with van der Waals surface area (Å²) in [6, 6.07) is 13.9. The molecule has 0 aliphatic carbocycles. The van der Waals surface area contributed by atoms with Crippen LogP contribution in [0.25, 0.3) is 0 Å². The van der Waals surface area contributed by atoms with E-state index in [9.17, 15) is 9.18 Å². The van der Waals surface area contributed by atoms with Gasteiger partial charge in [-0.1, -0.05) is 46.3 Å². The zero-order valence-electron chi connectivity index (χ0n) is 11.2. The summed E-state index contributed by atoms with van der Waals surface area (Å²) in [6.45, 7) is 1.05. The van der Waals surface area contributed by atoms with Crippen LogP contribution in [0.15, 0.2) is 53.0 Å². The zero-order valence-corrected chi connectivity index (χ0v) is 14.4. The molecule has 21 heavy (non-hydrogen) atoms. The van der Waals surface area contributed by atoms with Crippen LogP contribution < -0.4 is 0 Å². The second-order valence-corrected chi connectivity index (χ2v) is 6.17. The number of hydrogen-bond acceptors (Lipinski definition) is 1. The van der Waals surface area contributed by atoms with Gasteiger partial charge in [-0.05, 0) is 39.7 Å². The molecule has 0 saturated carbocycles. The Bertz CT molecular complexity index is 619. The normalized spacial score (nSPS) is 10.4. The third kappa shape index (κ3) is 4.38. The van der Waals surface area contributed by atoms with E-state index < -0.39 is 5.82 Å². The van der Waals surface area contributed by atoms with E-state index in [2.05, 4.69) is 31.9 Å². The van der Waals surface area contributed by atoms with E-state index >= 15 is 0 Å². The minimum Gasteiger partial charge on any atom is -0.333 e. The summed E-state index contributed by atoms with van der Waals surface area (Å²) in [4.78, 5) is 14.3. The Balaban J connectivity index is 2.25. The first-order chi connectivity index (χ1) is 10.1. The van der Waals surface area contributed by atoms with E-state index in [1.54, 1.807) is 11.0 Å². The minimum atomic E-state index is -0.417. The van der Waals surface area contributed by atoms with E-state index in [4.69, 9.17) is 0 Å². The van der Waals surface area contributed by atoms with Crippen LogP contribution in [0.3, 0.4) is 0 Å². The van der Waals surface area contributed by atoms with Crippen LogP contribution >= 0.6 is 31.9 Å². The van der Waals surface area contributed by atoms with Gasteiger partial charge < -0.3 is 4.90 Å². The van der Waals surface area contributed by atoms with Crippen molar-refractivity contribution in [2.45, 2.75) is 6.54 Å². The lowest BCUT2D eigenvalue weighted by Crippen LogP contribution is -2.32. The van der Waals surface area contributed by atoms with Gasteiger partial charge in [-0.25, -0.2) is 4.39 Å². The highest BCUT2D eigenvalue weighted by Gasteiger charge is 2.18. The van der Waals surface area contributed by atoms with E-state index in [1.165, 1.54) is 12.1 Å². The number of carbonyl (C=O) groups excluding carboxylic acids is 1. The first-order valence-electron chi connectivity index (χ1n) is 6.46. The van der Waals surface area contributed by atoms with Crippen LogP contribution in [0.5, 0.6) is 0 Å². The van der Waals surface area contributed by atoms with Gasteiger partial charge in [-0.15, -0.1) is 0 Å². The van der Waals surface area contributed by atoms with Gasteiger partial charge in [0.25, 0.3) is 5.91 Å². The Morgan fingerprint density at radius 3 is 2.52 bits per heavy atom. The maximum absolute atomic E-state index is 13.4. The first-order valence-corrected chi connectivity index (χ1v) is 8.37. The van der Waals surface area contributed by atoms with Crippen molar-refractivity contribution in [2.24, 2.45) is 0 Å². The van der Waals surface area contributed by atoms with Crippen molar-refractivity contribution in [1.29, 1.82) is 0 Å². The Morgan fingerprint density at radius 2 is 1.86 bits per heavy atom. The Hall–Kier alpha value is -1.20. The second kappa shape index (κ2) is 7.71. The number of rotatable bonds is 5. The van der Waals surface area contributed by atoms with Gasteiger partial charge in [0.1, 0.15) is 5.82 Å². The third-order valence-electron chi connectivity index (χ3n) is 3.02. The monoisotopic (exact) mass is 413 g/mol. The Labute approximate surface area is 140 Å². The molecule has 0 radical (unpaired) electrons. The zero-order chi connectivity index (χ0) is 15.2. The molecular weight excluding hydrogens is 401 g/mol. The molecular formula is C16H14Br2FNO. The molecule has 0 fully saturated rings. The van der Waals surface area contributed by atoms with Gasteiger partial charge in [-0.2, -0.15) is 0 Å². The van der Waals surface area contributed by atoms with E-state index in [1.807, 2.05) is 30.3 Å². The highest BCUT2D eigenvalue weighted by molar-refractivity contribution is 9.10. The SMILES string of the molecule is O=C(c1cc(F)ccc1Br)N(CCBr)Cc1ccccc1. The Kier molecular flexibility index (Phi) is 5.94. The molecule has 110 valence electrons. The van der Waals surface area contributed by atoms with Crippen molar-refractivity contribution in [3.8, 4) is 0 Å². The predicted molar refractivity (Wildman–Crippen MR) is 89.1 cm³/mol. The molecule has 0 spiro atoms. The molecule has 5 heteroatoms. The number of alkyl halides is 1. The lowest BCUT2D eigenvalue weighted by Gasteiger charge is -2.22. The van der Waals surface area contributed by atoms with Crippen LogP contribution in [-0.4, -0.2) is 22.7 Å². The Morgan fingerprint density at radius 1 is 1.14 bits per heavy atom. The molecule has 0 heterocycles. The molecule has 0 saturated heterocycles. The van der Waals surface area contributed by atoms with E-state index in [0.29, 0.717) is 28.5 Å². The number of benzene rings is 2. The van der Waals surface area contributed by atoms with Gasteiger partial charge in [0.05, 0.1) is 5.56 Å². The van der Waals surface area contributed by atoms with Crippen LogP contribution in [-0.2, 0) is 6.54 Å². The predicted octanol–water partition coefficient (Wildman–Crippen LogP) is 4.63. The fourth-order valence-electron chi connectivity index (χ4n) is 1.99. The minimum absolute atomic E-state index is 0.190. The highest BCUT2D eigenvalue weighted by Crippen LogP contribution is 2.20. The lowest BCUT2D eigenvalue weighted by atomic mass is 10.1. The average Bonchev–Trinajstić information content (AvgIpc) is 2.49. The average molecular weight is 415 g/mol. The maximum atomic E-state index is 13.4. The van der Waals surface area contributed by atoms with Crippen LogP contribution in [0, 0.1) is 5.82 Å². The fourth-order valence-corrected chi connectivity index (χ4v) is 2.83. The molecule has 0 aromatic heterocycles. The molecule has 2 aromatic carbocycles. The lowest BCUT2D eigenvalue weighted by molar-refractivity contribution is 0.0753. The second-order valence-electron chi connectivity index (χ2n) is 4.53. The number of nitrogens with zero attached hydrogens (tertiary/aromatic N) is 1. The van der Waals surface area contributed by atoms with Crippen LogP contribution in [0.2, 0.25) is 0 Å². The van der Waals surface area contributed by atoms with Gasteiger partial charge in [-0.3, -0.25) is 4.79 Å². The van der Waals surface area contributed by atoms with Crippen molar-refractivity contribution in [2.75, 3.05) is 11.9 Å². The topological polar surface area (TPSA) is 20.3 Å². The smallest absolute Gasteiger partial charge is 0.255 e. The van der Waals surface area contributed by atoms with Crippen molar-refractivity contribution >= 4 is 37.8 Å². The standard InChI is InChI=1S/C16H14Br2FNO/c17-8-9-20(11-12-4-2-1-3-5-12)16(21)14-10-13(19)6-7-15(14)18/h1-7,10H,8-9,11H2. The highest BCUT2D eigenvalue weighted by atomic mass is 79.9. The summed E-state index contributed by atoms with van der Waals surface area (Å²) >= 11 is 6.67. The molecule has 2 rings (SSSR count). The fraction of sp³-hybridized carbons (Fsp3) is 0.188. The first kappa shape index (κ1) is 16.2. The summed E-state index contributed by atoms with van der Waals surface area (Å²) in [5.74, 6) is -0.607. The molecule has 0 N–H and O–H groups in total. The number of hydrogen-bond donors (Lipinski definition) is 0. The van der Waals surface area contributed by atoms with Gasteiger partial charge >= 0.3 is 0 Å². The number of halogens is 3. The van der Waals surface area contributed by atoms with Crippen molar-refractivity contribution in [3.63, 3.8) is 0 Å². The number of amides is 1. The molecule has 2 aromatic rings. The van der Waals surface area contributed by atoms with Gasteiger partial charge in [0, 0.05) is 22.9 Å².